The fraction of sp³-hybridized carbons (Fsp3) is 0.929. The average Bonchev–Trinajstić information content (AvgIpc) is 2.39. The Bertz CT molecular complexity index is 250. The molecule has 0 spiro atoms. The van der Waals surface area contributed by atoms with Gasteiger partial charge in [-0.1, -0.05) is 13.8 Å². The van der Waals surface area contributed by atoms with Gasteiger partial charge in [0.2, 0.25) is 5.91 Å². The molecule has 0 unspecified atom stereocenters. The molecule has 5 heteroatoms. The third-order valence-corrected chi connectivity index (χ3v) is 3.47. The van der Waals surface area contributed by atoms with E-state index in [4.69, 9.17) is 5.73 Å². The van der Waals surface area contributed by atoms with Crippen molar-refractivity contribution in [3.05, 3.63) is 0 Å². The Morgan fingerprint density at radius 1 is 1.16 bits per heavy atom. The number of unbranched alkanes of at least 4 members (excludes halogenated alkanes) is 1. The van der Waals surface area contributed by atoms with Gasteiger partial charge in [0.1, 0.15) is 0 Å². The van der Waals surface area contributed by atoms with E-state index in [1.54, 1.807) is 0 Å². The molecule has 0 atom stereocenters. The van der Waals surface area contributed by atoms with Crippen LogP contribution in [0.2, 0.25) is 0 Å². The van der Waals surface area contributed by atoms with Crippen LogP contribution in [0, 0.1) is 5.92 Å². The van der Waals surface area contributed by atoms with Gasteiger partial charge in [-0.05, 0) is 31.8 Å². The van der Waals surface area contributed by atoms with E-state index in [2.05, 4.69) is 29.0 Å². The first kappa shape index (κ1) is 16.4. The van der Waals surface area contributed by atoms with Gasteiger partial charge in [-0.15, -0.1) is 0 Å². The number of carbonyl (C=O) groups excluding carboxylic acids is 1. The summed E-state index contributed by atoms with van der Waals surface area (Å²) < 4.78 is 0. The normalized spacial score (nSPS) is 17.9. The smallest absolute Gasteiger partial charge is 0.234 e. The Morgan fingerprint density at radius 3 is 2.37 bits per heavy atom. The molecule has 1 rings (SSSR count). The number of amides is 1. The fourth-order valence-electron chi connectivity index (χ4n) is 2.23. The Labute approximate surface area is 117 Å². The second kappa shape index (κ2) is 9.28. The quantitative estimate of drug-likeness (QED) is 0.615. The number of nitrogens with two attached hydrogens (primary N) is 1. The van der Waals surface area contributed by atoms with Crippen LogP contribution < -0.4 is 11.1 Å². The van der Waals surface area contributed by atoms with Crippen LogP contribution >= 0.6 is 0 Å². The molecule has 0 saturated carbocycles. The lowest BCUT2D eigenvalue weighted by molar-refractivity contribution is -0.122. The molecule has 1 fully saturated rings. The van der Waals surface area contributed by atoms with Crippen molar-refractivity contribution in [1.82, 2.24) is 15.1 Å². The summed E-state index contributed by atoms with van der Waals surface area (Å²) >= 11 is 0. The lowest BCUT2D eigenvalue weighted by Gasteiger charge is -2.34. The van der Waals surface area contributed by atoms with E-state index in [0.29, 0.717) is 12.5 Å². The molecule has 3 N–H and O–H groups in total. The highest BCUT2D eigenvalue weighted by atomic mass is 16.2. The maximum Gasteiger partial charge on any atom is 0.234 e. The Morgan fingerprint density at radius 2 is 1.79 bits per heavy atom. The highest BCUT2D eigenvalue weighted by Gasteiger charge is 2.18. The van der Waals surface area contributed by atoms with Gasteiger partial charge in [-0.3, -0.25) is 9.69 Å². The molecule has 0 aromatic heterocycles. The highest BCUT2D eigenvalue weighted by Crippen LogP contribution is 2.03. The van der Waals surface area contributed by atoms with Crippen molar-refractivity contribution in [3.63, 3.8) is 0 Å². The van der Waals surface area contributed by atoms with Crippen LogP contribution in [0.15, 0.2) is 0 Å². The number of nitrogens with one attached hydrogen (secondary N) is 1. The molecule has 1 saturated heterocycles. The van der Waals surface area contributed by atoms with Gasteiger partial charge in [0, 0.05) is 32.7 Å². The number of piperazine rings is 1. The van der Waals surface area contributed by atoms with Crippen molar-refractivity contribution in [3.8, 4) is 0 Å². The molecule has 19 heavy (non-hydrogen) atoms. The van der Waals surface area contributed by atoms with Crippen LogP contribution in [-0.2, 0) is 4.79 Å². The van der Waals surface area contributed by atoms with Crippen LogP contribution in [0.5, 0.6) is 0 Å². The van der Waals surface area contributed by atoms with E-state index in [1.165, 1.54) is 6.42 Å². The molecule has 1 amide bonds. The van der Waals surface area contributed by atoms with E-state index in [9.17, 15) is 4.79 Å². The largest absolute Gasteiger partial charge is 0.355 e. The summed E-state index contributed by atoms with van der Waals surface area (Å²) in [5.74, 6) is 0.675. The molecule has 1 aliphatic rings. The molecular formula is C14H30N4O. The van der Waals surface area contributed by atoms with E-state index in [0.717, 1.165) is 52.2 Å². The predicted molar refractivity (Wildman–Crippen MR) is 79.0 cm³/mol. The number of hydrogen-bond acceptors (Lipinski definition) is 4. The zero-order valence-corrected chi connectivity index (χ0v) is 12.5. The standard InChI is InChI=1S/C14H30N4O/c1-13(2)11-16-14(19)12-18-9-7-17(8-10-18)6-4-3-5-15/h13H,3-12,15H2,1-2H3,(H,16,19). The van der Waals surface area contributed by atoms with E-state index >= 15 is 0 Å². The first-order valence-corrected chi connectivity index (χ1v) is 7.53. The van der Waals surface area contributed by atoms with Crippen LogP contribution in [0.1, 0.15) is 26.7 Å². The molecule has 1 heterocycles. The van der Waals surface area contributed by atoms with Crippen LogP contribution in [0.4, 0.5) is 0 Å². The molecule has 0 bridgehead atoms. The van der Waals surface area contributed by atoms with Gasteiger partial charge in [0.25, 0.3) is 0 Å². The number of carbonyl (C=O) groups is 1. The zero-order chi connectivity index (χ0) is 14.1. The molecular weight excluding hydrogens is 240 g/mol. The Kier molecular flexibility index (Phi) is 8.02. The number of rotatable bonds is 8. The van der Waals surface area contributed by atoms with E-state index in [-0.39, 0.29) is 5.91 Å². The first-order chi connectivity index (χ1) is 9.11. The van der Waals surface area contributed by atoms with Crippen molar-refractivity contribution in [2.75, 3.05) is 52.4 Å². The Hall–Kier alpha value is -0.650. The van der Waals surface area contributed by atoms with Gasteiger partial charge >= 0.3 is 0 Å². The van der Waals surface area contributed by atoms with Gasteiger partial charge in [-0.2, -0.15) is 0 Å². The summed E-state index contributed by atoms with van der Waals surface area (Å²) in [6.07, 6.45) is 2.29. The second-order valence-electron chi connectivity index (χ2n) is 5.81. The summed E-state index contributed by atoms with van der Waals surface area (Å²) in [6, 6.07) is 0. The van der Waals surface area contributed by atoms with Gasteiger partial charge < -0.3 is 16.0 Å². The third kappa shape index (κ3) is 7.50. The minimum absolute atomic E-state index is 0.158. The monoisotopic (exact) mass is 270 g/mol. The molecule has 1 aliphatic heterocycles. The van der Waals surface area contributed by atoms with Crippen molar-refractivity contribution >= 4 is 5.91 Å². The maximum absolute atomic E-state index is 11.7. The van der Waals surface area contributed by atoms with Gasteiger partial charge in [0.15, 0.2) is 0 Å². The zero-order valence-electron chi connectivity index (χ0n) is 12.5. The summed E-state index contributed by atoms with van der Waals surface area (Å²) in [7, 11) is 0. The molecule has 0 radical (unpaired) electrons. The molecule has 112 valence electrons. The minimum atomic E-state index is 0.158. The Balaban J connectivity index is 2.10. The number of hydrogen-bond donors (Lipinski definition) is 2. The third-order valence-electron chi connectivity index (χ3n) is 3.47. The van der Waals surface area contributed by atoms with Crippen molar-refractivity contribution in [2.24, 2.45) is 11.7 Å². The SMILES string of the molecule is CC(C)CNC(=O)CN1CCN(CCCCN)CC1. The van der Waals surface area contributed by atoms with Crippen molar-refractivity contribution < 1.29 is 4.79 Å². The van der Waals surface area contributed by atoms with Crippen molar-refractivity contribution in [1.29, 1.82) is 0 Å². The summed E-state index contributed by atoms with van der Waals surface area (Å²) in [5.41, 5.74) is 5.50. The van der Waals surface area contributed by atoms with Gasteiger partial charge in [0.05, 0.1) is 6.54 Å². The topological polar surface area (TPSA) is 61.6 Å². The molecule has 0 aliphatic carbocycles. The highest BCUT2D eigenvalue weighted by molar-refractivity contribution is 5.78. The van der Waals surface area contributed by atoms with Crippen LogP contribution in [0.25, 0.3) is 0 Å². The van der Waals surface area contributed by atoms with Crippen LogP contribution in [0.3, 0.4) is 0 Å². The fourth-order valence-corrected chi connectivity index (χ4v) is 2.23. The van der Waals surface area contributed by atoms with E-state index < -0.39 is 0 Å². The summed E-state index contributed by atoms with van der Waals surface area (Å²) in [6.45, 7) is 11.6. The first-order valence-electron chi connectivity index (χ1n) is 7.53. The molecule has 0 aromatic rings. The summed E-state index contributed by atoms with van der Waals surface area (Å²) in [5, 5.41) is 2.97. The van der Waals surface area contributed by atoms with E-state index in [1.807, 2.05) is 0 Å². The van der Waals surface area contributed by atoms with Crippen LogP contribution in [-0.4, -0.2) is 68.1 Å². The van der Waals surface area contributed by atoms with Gasteiger partial charge in [-0.25, -0.2) is 0 Å². The molecule has 5 nitrogen and oxygen atoms in total. The minimum Gasteiger partial charge on any atom is -0.355 e. The predicted octanol–water partition coefficient (Wildman–Crippen LogP) is 0.115. The summed E-state index contributed by atoms with van der Waals surface area (Å²) in [4.78, 5) is 16.4. The lowest BCUT2D eigenvalue weighted by Crippen LogP contribution is -2.49. The average molecular weight is 270 g/mol. The second-order valence-corrected chi connectivity index (χ2v) is 5.81. The van der Waals surface area contributed by atoms with Crippen molar-refractivity contribution in [2.45, 2.75) is 26.7 Å². The number of nitrogens with zero attached hydrogens (tertiary/aromatic N) is 2. The lowest BCUT2D eigenvalue weighted by atomic mass is 10.2. The maximum atomic E-state index is 11.7. The molecule has 0 aromatic carbocycles.